The number of hydrogen-bond acceptors (Lipinski definition) is 3. The van der Waals surface area contributed by atoms with Crippen molar-refractivity contribution in [2.75, 3.05) is 7.11 Å². The molecule has 0 amide bonds. The lowest BCUT2D eigenvalue weighted by atomic mass is 10.1. The van der Waals surface area contributed by atoms with Crippen LogP contribution in [0.25, 0.3) is 0 Å². The highest BCUT2D eigenvalue weighted by Crippen LogP contribution is 2.33. The van der Waals surface area contributed by atoms with Crippen LogP contribution in [0.4, 0.5) is 13.2 Å². The van der Waals surface area contributed by atoms with E-state index < -0.39 is 23.4 Å². The predicted octanol–water partition coefficient (Wildman–Crippen LogP) is 1.06. The van der Waals surface area contributed by atoms with E-state index in [1.807, 2.05) is 0 Å². The van der Waals surface area contributed by atoms with Gasteiger partial charge in [0.05, 0.1) is 7.11 Å². The lowest BCUT2D eigenvalue weighted by Gasteiger charge is -2.15. The lowest BCUT2D eigenvalue weighted by Crippen LogP contribution is -2.24. The molecule has 3 nitrogen and oxygen atoms in total. The molecule has 0 aromatic heterocycles. The monoisotopic (exact) mass is 179 g/mol. The van der Waals surface area contributed by atoms with Gasteiger partial charge in [-0.2, -0.15) is 13.2 Å². The number of esters is 1. The van der Waals surface area contributed by atoms with Crippen LogP contribution in [0, 0.1) is 0 Å². The highest BCUT2D eigenvalue weighted by molar-refractivity contribution is 6.14. The van der Waals surface area contributed by atoms with Crippen molar-refractivity contribution in [3.63, 3.8) is 0 Å². The Hall–Kier alpha value is -1.33. The van der Waals surface area contributed by atoms with Crippen molar-refractivity contribution >= 4 is 12.2 Å². The quantitative estimate of drug-likeness (QED) is 0.564. The molecule has 1 aliphatic heterocycles. The first-order valence-corrected chi connectivity index (χ1v) is 2.90. The van der Waals surface area contributed by atoms with E-state index in [0.717, 1.165) is 13.3 Å². The third-order valence-corrected chi connectivity index (χ3v) is 1.25. The summed E-state index contributed by atoms with van der Waals surface area (Å²) in [6.45, 7) is 0. The van der Waals surface area contributed by atoms with E-state index in [9.17, 15) is 18.0 Å². The summed E-state index contributed by atoms with van der Waals surface area (Å²) in [5, 5.41) is 0. The van der Waals surface area contributed by atoms with E-state index in [4.69, 9.17) is 0 Å². The van der Waals surface area contributed by atoms with Crippen molar-refractivity contribution < 1.29 is 22.7 Å². The van der Waals surface area contributed by atoms with Crippen molar-refractivity contribution in [2.24, 2.45) is 4.99 Å². The van der Waals surface area contributed by atoms with E-state index in [0.29, 0.717) is 0 Å². The molecule has 0 radical (unpaired) electrons. The zero-order valence-corrected chi connectivity index (χ0v) is 5.97. The zero-order valence-electron chi connectivity index (χ0n) is 5.97. The first kappa shape index (κ1) is 8.76. The average Bonchev–Trinajstić information content (AvgIpc) is 1.80. The molecule has 1 aliphatic rings. The second kappa shape index (κ2) is 2.62. The Morgan fingerprint density at radius 1 is 1.58 bits per heavy atom. The highest BCUT2D eigenvalue weighted by Gasteiger charge is 2.41. The van der Waals surface area contributed by atoms with Gasteiger partial charge in [0.25, 0.3) is 0 Å². The third kappa shape index (κ3) is 1.32. The van der Waals surface area contributed by atoms with E-state index in [1.54, 1.807) is 0 Å². The lowest BCUT2D eigenvalue weighted by molar-refractivity contribution is -0.137. The summed E-state index contributed by atoms with van der Waals surface area (Å²) in [5.74, 6) is -1.02. The van der Waals surface area contributed by atoms with Gasteiger partial charge in [0.15, 0.2) is 5.70 Å². The molecular formula is C6H4F3NO2. The van der Waals surface area contributed by atoms with Gasteiger partial charge in [-0.3, -0.25) is 0 Å². The zero-order chi connectivity index (χ0) is 9.35. The number of methoxy groups -OCH3 is 1. The number of rotatable bonds is 1. The number of ether oxygens (including phenoxy) is 1. The van der Waals surface area contributed by atoms with Gasteiger partial charge < -0.3 is 4.74 Å². The summed E-state index contributed by atoms with van der Waals surface area (Å²) in [6.07, 6.45) is -3.74. The van der Waals surface area contributed by atoms with Crippen LogP contribution >= 0.6 is 0 Å². The summed E-state index contributed by atoms with van der Waals surface area (Å²) in [6, 6.07) is 0. The molecule has 0 aromatic rings. The fourth-order valence-electron chi connectivity index (χ4n) is 0.679. The van der Waals surface area contributed by atoms with Gasteiger partial charge >= 0.3 is 12.1 Å². The maximum atomic E-state index is 11.9. The largest absolute Gasteiger partial charge is 0.465 e. The summed E-state index contributed by atoms with van der Waals surface area (Å²) in [5.41, 5.74) is -1.70. The number of alkyl halides is 3. The summed E-state index contributed by atoms with van der Waals surface area (Å²) < 4.78 is 39.7. The summed E-state index contributed by atoms with van der Waals surface area (Å²) >= 11 is 0. The SMILES string of the molecule is COC(=O)C1=C(C(F)(F)F)N=C1. The second-order valence-electron chi connectivity index (χ2n) is 2.01. The van der Waals surface area contributed by atoms with E-state index >= 15 is 0 Å². The second-order valence-corrected chi connectivity index (χ2v) is 2.01. The van der Waals surface area contributed by atoms with Crippen molar-refractivity contribution in [1.82, 2.24) is 0 Å². The van der Waals surface area contributed by atoms with Crippen LogP contribution in [-0.2, 0) is 9.53 Å². The maximum Gasteiger partial charge on any atom is 0.434 e. The van der Waals surface area contributed by atoms with Crippen LogP contribution in [0.5, 0.6) is 0 Å². The molecular weight excluding hydrogens is 175 g/mol. The third-order valence-electron chi connectivity index (χ3n) is 1.25. The minimum atomic E-state index is -4.57. The number of aliphatic imine (C=N–C) groups is 1. The van der Waals surface area contributed by atoms with Crippen molar-refractivity contribution in [3.05, 3.63) is 11.3 Å². The van der Waals surface area contributed by atoms with Crippen LogP contribution in [0.3, 0.4) is 0 Å². The molecule has 0 unspecified atom stereocenters. The molecule has 66 valence electrons. The molecule has 0 aliphatic carbocycles. The number of carbonyl (C=O) groups excluding carboxylic acids is 1. The summed E-state index contributed by atoms with van der Waals surface area (Å²) in [7, 11) is 1.01. The van der Waals surface area contributed by atoms with Crippen LogP contribution in [0.1, 0.15) is 0 Å². The fraction of sp³-hybridized carbons (Fsp3) is 0.333. The number of nitrogens with zero attached hydrogens (tertiary/aromatic N) is 1. The van der Waals surface area contributed by atoms with Gasteiger partial charge in [-0.05, 0) is 0 Å². The fourth-order valence-corrected chi connectivity index (χ4v) is 0.679. The van der Waals surface area contributed by atoms with Gasteiger partial charge in [-0.25, -0.2) is 9.79 Å². The van der Waals surface area contributed by atoms with E-state index in [2.05, 4.69) is 9.73 Å². The number of carbonyl (C=O) groups is 1. The van der Waals surface area contributed by atoms with Gasteiger partial charge in [0, 0.05) is 6.21 Å². The number of allylic oxidation sites excluding steroid dienone is 1. The standard InChI is InChI=1S/C6H4F3NO2/c1-12-5(11)3-2-10-4(3)6(7,8)9/h2H,1H3. The molecule has 1 heterocycles. The molecule has 6 heteroatoms. The molecule has 0 saturated heterocycles. The van der Waals surface area contributed by atoms with Crippen LogP contribution in [0.2, 0.25) is 0 Å². The molecule has 0 spiro atoms. The average molecular weight is 179 g/mol. The molecule has 12 heavy (non-hydrogen) atoms. The molecule has 1 rings (SSSR count). The Bertz CT molecular complexity index is 277. The van der Waals surface area contributed by atoms with Gasteiger partial charge in [0.1, 0.15) is 5.57 Å². The summed E-state index contributed by atoms with van der Waals surface area (Å²) in [4.78, 5) is 13.5. The normalized spacial score (nSPS) is 16.0. The molecule has 0 aromatic carbocycles. The van der Waals surface area contributed by atoms with Crippen molar-refractivity contribution in [2.45, 2.75) is 6.18 Å². The van der Waals surface area contributed by atoms with E-state index in [1.165, 1.54) is 0 Å². The van der Waals surface area contributed by atoms with Gasteiger partial charge in [-0.1, -0.05) is 0 Å². The molecule has 0 N–H and O–H groups in total. The molecule has 0 saturated carbocycles. The van der Waals surface area contributed by atoms with E-state index in [-0.39, 0.29) is 0 Å². The number of hydrogen-bond donors (Lipinski definition) is 0. The maximum absolute atomic E-state index is 11.9. The van der Waals surface area contributed by atoms with Crippen molar-refractivity contribution in [3.8, 4) is 0 Å². The molecule has 0 fully saturated rings. The molecule has 0 atom stereocenters. The minimum Gasteiger partial charge on any atom is -0.465 e. The van der Waals surface area contributed by atoms with Crippen LogP contribution in [0.15, 0.2) is 16.3 Å². The first-order valence-electron chi connectivity index (χ1n) is 2.90. The first-order chi connectivity index (χ1) is 5.46. The number of halogens is 3. The van der Waals surface area contributed by atoms with Gasteiger partial charge in [-0.15, -0.1) is 0 Å². The Kier molecular flexibility index (Phi) is 1.91. The van der Waals surface area contributed by atoms with Crippen LogP contribution < -0.4 is 0 Å². The Balaban J connectivity index is 2.86. The van der Waals surface area contributed by atoms with Crippen LogP contribution in [-0.4, -0.2) is 25.5 Å². The predicted molar refractivity (Wildman–Crippen MR) is 33.6 cm³/mol. The minimum absolute atomic E-state index is 0.523. The Morgan fingerprint density at radius 3 is 2.42 bits per heavy atom. The Morgan fingerprint density at radius 2 is 2.17 bits per heavy atom. The Labute approximate surface area is 65.5 Å². The van der Waals surface area contributed by atoms with Crippen molar-refractivity contribution in [1.29, 1.82) is 0 Å². The topological polar surface area (TPSA) is 38.7 Å². The van der Waals surface area contributed by atoms with Gasteiger partial charge in [0.2, 0.25) is 0 Å². The highest BCUT2D eigenvalue weighted by atomic mass is 19.4. The smallest absolute Gasteiger partial charge is 0.434 e. The molecule has 0 bridgehead atoms.